The van der Waals surface area contributed by atoms with Gasteiger partial charge in [0.25, 0.3) is 11.8 Å². The number of rotatable bonds is 6. The fourth-order valence-electron chi connectivity index (χ4n) is 2.20. The Balaban J connectivity index is 1.43. The van der Waals surface area contributed by atoms with Crippen LogP contribution < -0.4 is 15.8 Å². The zero-order valence-electron chi connectivity index (χ0n) is 13.5. The van der Waals surface area contributed by atoms with Crippen LogP contribution in [-0.4, -0.2) is 30.1 Å². The molecule has 7 nitrogen and oxygen atoms in total. The second-order valence-electron chi connectivity index (χ2n) is 5.57. The molecule has 3 N–H and O–H groups in total. The maximum atomic E-state index is 11.9. The topological polar surface area (TPSA) is 107 Å². The zero-order chi connectivity index (χ0) is 17.6. The fraction of sp³-hybridized carbons (Fsp3) is 0.278. The molecule has 0 bridgehead atoms. The summed E-state index contributed by atoms with van der Waals surface area (Å²) in [4.78, 5) is 23.2. The van der Waals surface area contributed by atoms with Gasteiger partial charge in [0.15, 0.2) is 5.69 Å². The Kier molecular flexibility index (Phi) is 5.00. The van der Waals surface area contributed by atoms with Crippen LogP contribution in [0.5, 0.6) is 5.75 Å². The van der Waals surface area contributed by atoms with Gasteiger partial charge in [-0.05, 0) is 25.0 Å². The van der Waals surface area contributed by atoms with E-state index in [1.165, 1.54) is 0 Å². The fourth-order valence-corrected chi connectivity index (χ4v) is 2.20. The molecule has 25 heavy (non-hydrogen) atoms. The van der Waals surface area contributed by atoms with Crippen molar-refractivity contribution < 1.29 is 18.8 Å². The number of nitrogens with zero attached hydrogens (tertiary/aromatic N) is 1. The van der Waals surface area contributed by atoms with Gasteiger partial charge in [0.1, 0.15) is 18.1 Å². The van der Waals surface area contributed by atoms with Crippen molar-refractivity contribution >= 4 is 11.8 Å². The minimum absolute atomic E-state index is 0.0793. The van der Waals surface area contributed by atoms with E-state index in [-0.39, 0.29) is 24.8 Å². The number of benzene rings is 1. The molecule has 0 radical (unpaired) electrons. The van der Waals surface area contributed by atoms with Crippen LogP contribution in [0.3, 0.4) is 0 Å². The van der Waals surface area contributed by atoms with Crippen LogP contribution >= 0.6 is 0 Å². The number of nitrogens with one attached hydrogen (secondary N) is 1. The van der Waals surface area contributed by atoms with Crippen molar-refractivity contribution in [3.05, 3.63) is 47.3 Å². The number of aromatic nitrogens is 1. The Morgan fingerprint density at radius 2 is 2.12 bits per heavy atom. The van der Waals surface area contributed by atoms with Gasteiger partial charge in [-0.25, -0.2) is 0 Å². The second kappa shape index (κ2) is 7.53. The molecule has 0 atom stereocenters. The highest BCUT2D eigenvalue weighted by Crippen LogP contribution is 2.40. The van der Waals surface area contributed by atoms with E-state index < -0.39 is 5.91 Å². The number of ether oxygens (including phenoxy) is 1. The maximum Gasteiger partial charge on any atom is 0.274 e. The quantitative estimate of drug-likeness (QED) is 0.775. The van der Waals surface area contributed by atoms with Gasteiger partial charge < -0.3 is 20.3 Å². The molecule has 1 aromatic carbocycles. The lowest BCUT2D eigenvalue weighted by Gasteiger charge is -2.05. The number of nitrogens with two attached hydrogens (primary N) is 1. The first-order chi connectivity index (χ1) is 12.1. The predicted octanol–water partition coefficient (Wildman–Crippen LogP) is 1.46. The average Bonchev–Trinajstić information content (AvgIpc) is 3.34. The van der Waals surface area contributed by atoms with E-state index in [4.69, 9.17) is 15.0 Å². The SMILES string of the molecule is NC(=O)c1ccccc1OCC#CCNC(=O)c1cc(C2CC2)on1. The normalized spacial score (nSPS) is 12.8. The van der Waals surface area contributed by atoms with E-state index in [1.54, 1.807) is 30.3 Å². The van der Waals surface area contributed by atoms with E-state index in [1.807, 2.05) is 0 Å². The van der Waals surface area contributed by atoms with E-state index in [9.17, 15) is 9.59 Å². The van der Waals surface area contributed by atoms with Gasteiger partial charge in [-0.15, -0.1) is 0 Å². The summed E-state index contributed by atoms with van der Waals surface area (Å²) < 4.78 is 10.5. The summed E-state index contributed by atoms with van der Waals surface area (Å²) in [5, 5.41) is 6.39. The lowest BCUT2D eigenvalue weighted by molar-refractivity contribution is 0.0948. The smallest absolute Gasteiger partial charge is 0.274 e. The van der Waals surface area contributed by atoms with Crippen LogP contribution in [0.15, 0.2) is 34.9 Å². The van der Waals surface area contributed by atoms with Gasteiger partial charge >= 0.3 is 0 Å². The molecule has 3 rings (SSSR count). The van der Waals surface area contributed by atoms with Crippen LogP contribution in [0.1, 0.15) is 45.4 Å². The van der Waals surface area contributed by atoms with Crippen molar-refractivity contribution in [3.8, 4) is 17.6 Å². The standard InChI is InChI=1S/C18H17N3O4/c19-17(22)13-5-1-2-6-15(13)24-10-4-3-9-20-18(23)14-11-16(25-21-14)12-7-8-12/h1-2,5-6,11-12H,7-10H2,(H2,19,22)(H,20,23). The summed E-state index contributed by atoms with van der Waals surface area (Å²) in [5.41, 5.74) is 5.82. The molecule has 7 heteroatoms. The summed E-state index contributed by atoms with van der Waals surface area (Å²) in [6.45, 7) is 0.237. The molecule has 1 heterocycles. The Hall–Kier alpha value is -3.27. The van der Waals surface area contributed by atoms with Crippen LogP contribution in [0, 0.1) is 11.8 Å². The summed E-state index contributed by atoms with van der Waals surface area (Å²) >= 11 is 0. The Morgan fingerprint density at radius 1 is 1.32 bits per heavy atom. The van der Waals surface area contributed by atoms with Crippen LogP contribution in [0.2, 0.25) is 0 Å². The molecule has 0 saturated heterocycles. The summed E-state index contributed by atoms with van der Waals surface area (Å²) in [7, 11) is 0. The number of primary amides is 1. The molecular weight excluding hydrogens is 322 g/mol. The van der Waals surface area contributed by atoms with Gasteiger partial charge in [0, 0.05) is 12.0 Å². The Labute approximate surface area is 144 Å². The van der Waals surface area contributed by atoms with E-state index in [2.05, 4.69) is 22.3 Å². The van der Waals surface area contributed by atoms with E-state index in [0.29, 0.717) is 17.2 Å². The third-order valence-corrected chi connectivity index (χ3v) is 3.66. The maximum absolute atomic E-state index is 11.9. The lowest BCUT2D eigenvalue weighted by Crippen LogP contribution is -2.23. The summed E-state index contributed by atoms with van der Waals surface area (Å²) in [6.07, 6.45) is 2.17. The molecule has 2 aromatic rings. The van der Waals surface area contributed by atoms with Crippen molar-refractivity contribution in [1.29, 1.82) is 0 Å². The molecule has 0 spiro atoms. The zero-order valence-corrected chi connectivity index (χ0v) is 13.5. The van der Waals surface area contributed by atoms with E-state index >= 15 is 0 Å². The third kappa shape index (κ3) is 4.38. The second-order valence-corrected chi connectivity index (χ2v) is 5.57. The largest absolute Gasteiger partial charge is 0.480 e. The van der Waals surface area contributed by atoms with Gasteiger partial charge in [-0.2, -0.15) is 0 Å². The van der Waals surface area contributed by atoms with Crippen molar-refractivity contribution in [2.75, 3.05) is 13.2 Å². The molecule has 1 aliphatic carbocycles. The third-order valence-electron chi connectivity index (χ3n) is 3.66. The Bertz CT molecular complexity index is 843. The monoisotopic (exact) mass is 339 g/mol. The van der Waals surface area contributed by atoms with Crippen LogP contribution in [0.4, 0.5) is 0 Å². The Morgan fingerprint density at radius 3 is 2.88 bits per heavy atom. The number of carbonyl (C=O) groups is 2. The average molecular weight is 339 g/mol. The number of carbonyl (C=O) groups excluding carboxylic acids is 2. The minimum Gasteiger partial charge on any atom is -0.480 e. The van der Waals surface area contributed by atoms with Crippen molar-refractivity contribution in [1.82, 2.24) is 10.5 Å². The molecule has 1 aliphatic rings. The molecule has 0 aliphatic heterocycles. The van der Waals surface area contributed by atoms with E-state index in [0.717, 1.165) is 18.6 Å². The highest BCUT2D eigenvalue weighted by atomic mass is 16.5. The molecule has 0 unspecified atom stereocenters. The van der Waals surface area contributed by atoms with Crippen molar-refractivity contribution in [2.24, 2.45) is 5.73 Å². The molecular formula is C18H17N3O4. The van der Waals surface area contributed by atoms with Gasteiger partial charge in [0.05, 0.1) is 12.1 Å². The van der Waals surface area contributed by atoms with Gasteiger partial charge in [0.2, 0.25) is 0 Å². The van der Waals surface area contributed by atoms with Crippen molar-refractivity contribution in [2.45, 2.75) is 18.8 Å². The number of hydrogen-bond acceptors (Lipinski definition) is 5. The first kappa shape index (κ1) is 16.6. The molecule has 128 valence electrons. The summed E-state index contributed by atoms with van der Waals surface area (Å²) in [5.74, 6) is 6.18. The first-order valence-electron chi connectivity index (χ1n) is 7.87. The molecule has 2 amide bonds. The van der Waals surface area contributed by atoms with Crippen LogP contribution in [0.25, 0.3) is 0 Å². The highest BCUT2D eigenvalue weighted by molar-refractivity contribution is 5.95. The molecule has 1 saturated carbocycles. The number of amides is 2. The number of para-hydroxylation sites is 1. The number of hydrogen-bond donors (Lipinski definition) is 2. The van der Waals surface area contributed by atoms with Crippen LogP contribution in [-0.2, 0) is 0 Å². The minimum atomic E-state index is -0.561. The van der Waals surface area contributed by atoms with Gasteiger partial charge in [-0.1, -0.05) is 29.1 Å². The predicted molar refractivity (Wildman–Crippen MR) is 89.0 cm³/mol. The van der Waals surface area contributed by atoms with Crippen molar-refractivity contribution in [3.63, 3.8) is 0 Å². The molecule has 1 fully saturated rings. The highest BCUT2D eigenvalue weighted by Gasteiger charge is 2.28. The first-order valence-corrected chi connectivity index (χ1v) is 7.87. The lowest BCUT2D eigenvalue weighted by atomic mass is 10.2. The molecule has 1 aromatic heterocycles. The summed E-state index contributed by atoms with van der Waals surface area (Å²) in [6, 6.07) is 8.34. The van der Waals surface area contributed by atoms with Gasteiger partial charge in [-0.3, -0.25) is 9.59 Å².